The third-order valence-electron chi connectivity index (χ3n) is 3.63. The number of aromatic nitrogens is 3. The summed E-state index contributed by atoms with van der Waals surface area (Å²) in [4.78, 5) is 16.7. The van der Waals surface area contributed by atoms with E-state index in [-0.39, 0.29) is 5.91 Å². The number of nitrogens with zero attached hydrogens (tertiary/aromatic N) is 3. The number of fused-ring (bicyclic) bond motifs is 2. The fraction of sp³-hybridized carbons (Fsp3) is 0.188. The van der Waals surface area contributed by atoms with E-state index in [1.54, 1.807) is 16.9 Å². The normalized spacial score (nSPS) is 13.5. The van der Waals surface area contributed by atoms with Crippen LogP contribution in [0.25, 0.3) is 10.9 Å². The minimum Gasteiger partial charge on any atom is -0.478 e. The highest BCUT2D eigenvalue weighted by Gasteiger charge is 2.18. The van der Waals surface area contributed by atoms with Gasteiger partial charge in [-0.05, 0) is 24.3 Å². The molecule has 22 heavy (non-hydrogen) atoms. The zero-order valence-electron chi connectivity index (χ0n) is 11.8. The molecule has 0 fully saturated rings. The fourth-order valence-corrected chi connectivity index (χ4v) is 2.58. The molecule has 0 aliphatic carbocycles. The highest BCUT2D eigenvalue weighted by Crippen LogP contribution is 2.23. The Morgan fingerprint density at radius 1 is 1.27 bits per heavy atom. The van der Waals surface area contributed by atoms with Crippen molar-refractivity contribution in [2.75, 3.05) is 11.9 Å². The molecule has 6 nitrogen and oxygen atoms in total. The number of nitrogens with one attached hydrogen (secondary N) is 1. The van der Waals surface area contributed by atoms with Crippen molar-refractivity contribution in [2.24, 2.45) is 0 Å². The lowest BCUT2D eigenvalue weighted by atomic mass is 10.2. The van der Waals surface area contributed by atoms with Gasteiger partial charge in [-0.15, -0.1) is 0 Å². The Labute approximate surface area is 126 Å². The van der Waals surface area contributed by atoms with Crippen LogP contribution in [0.15, 0.2) is 42.6 Å². The van der Waals surface area contributed by atoms with E-state index in [9.17, 15) is 4.79 Å². The van der Waals surface area contributed by atoms with Crippen LogP contribution in [0.5, 0.6) is 5.88 Å². The van der Waals surface area contributed by atoms with E-state index in [1.807, 2.05) is 30.3 Å². The molecule has 0 radical (unpaired) electrons. The Bertz CT molecular complexity index is 827. The molecule has 2 aromatic heterocycles. The zero-order chi connectivity index (χ0) is 14.9. The van der Waals surface area contributed by atoms with E-state index in [2.05, 4.69) is 15.4 Å². The van der Waals surface area contributed by atoms with Crippen molar-refractivity contribution in [1.82, 2.24) is 14.8 Å². The van der Waals surface area contributed by atoms with Crippen LogP contribution in [0.2, 0.25) is 0 Å². The van der Waals surface area contributed by atoms with E-state index in [0.29, 0.717) is 18.2 Å². The number of amides is 1. The molecule has 4 rings (SSSR count). The maximum Gasteiger partial charge on any atom is 0.276 e. The SMILES string of the molecule is O=C(Nc1cccc2ncccc12)c1cc2n(n1)CCCO2. The Hall–Kier alpha value is -2.89. The molecular weight excluding hydrogens is 280 g/mol. The van der Waals surface area contributed by atoms with Gasteiger partial charge in [0.15, 0.2) is 5.69 Å². The van der Waals surface area contributed by atoms with Crippen LogP contribution in [0.1, 0.15) is 16.9 Å². The first-order chi connectivity index (χ1) is 10.8. The third-order valence-corrected chi connectivity index (χ3v) is 3.63. The van der Waals surface area contributed by atoms with Gasteiger partial charge in [0, 0.05) is 30.6 Å². The second kappa shape index (κ2) is 5.14. The van der Waals surface area contributed by atoms with Gasteiger partial charge >= 0.3 is 0 Å². The van der Waals surface area contributed by atoms with E-state index >= 15 is 0 Å². The van der Waals surface area contributed by atoms with Crippen LogP contribution in [-0.4, -0.2) is 27.3 Å². The summed E-state index contributed by atoms with van der Waals surface area (Å²) >= 11 is 0. The maximum absolute atomic E-state index is 12.4. The minimum atomic E-state index is -0.248. The van der Waals surface area contributed by atoms with Gasteiger partial charge in [0.05, 0.1) is 17.8 Å². The number of benzene rings is 1. The second-order valence-electron chi connectivity index (χ2n) is 5.12. The molecular formula is C16H14N4O2. The van der Waals surface area contributed by atoms with Gasteiger partial charge < -0.3 is 10.1 Å². The molecule has 0 spiro atoms. The molecule has 1 amide bonds. The third kappa shape index (κ3) is 2.18. The number of pyridine rings is 1. The maximum atomic E-state index is 12.4. The first-order valence-corrected chi connectivity index (χ1v) is 7.17. The van der Waals surface area contributed by atoms with Crippen molar-refractivity contribution < 1.29 is 9.53 Å². The van der Waals surface area contributed by atoms with Gasteiger partial charge in [-0.25, -0.2) is 4.68 Å². The first-order valence-electron chi connectivity index (χ1n) is 7.17. The molecule has 0 saturated carbocycles. The van der Waals surface area contributed by atoms with Gasteiger partial charge in [-0.2, -0.15) is 5.10 Å². The monoisotopic (exact) mass is 294 g/mol. The van der Waals surface area contributed by atoms with Crippen molar-refractivity contribution in [1.29, 1.82) is 0 Å². The molecule has 1 aromatic carbocycles. The summed E-state index contributed by atoms with van der Waals surface area (Å²) in [5, 5.41) is 8.09. The number of rotatable bonds is 2. The average Bonchev–Trinajstić information content (AvgIpc) is 2.99. The topological polar surface area (TPSA) is 69.0 Å². The number of carbonyl (C=O) groups excluding carboxylic acids is 1. The van der Waals surface area contributed by atoms with Crippen molar-refractivity contribution in [3.05, 3.63) is 48.3 Å². The van der Waals surface area contributed by atoms with Crippen LogP contribution in [0, 0.1) is 0 Å². The van der Waals surface area contributed by atoms with Gasteiger partial charge in [0.25, 0.3) is 5.91 Å². The van der Waals surface area contributed by atoms with Gasteiger partial charge in [0.1, 0.15) is 0 Å². The van der Waals surface area contributed by atoms with Crippen LogP contribution in [0.3, 0.4) is 0 Å². The number of hydrogen-bond donors (Lipinski definition) is 1. The Balaban J connectivity index is 1.65. The molecule has 110 valence electrons. The predicted molar refractivity (Wildman–Crippen MR) is 82.0 cm³/mol. The molecule has 0 unspecified atom stereocenters. The van der Waals surface area contributed by atoms with Crippen molar-refractivity contribution in [2.45, 2.75) is 13.0 Å². The van der Waals surface area contributed by atoms with Crippen molar-refractivity contribution in [3.63, 3.8) is 0 Å². The molecule has 1 aliphatic heterocycles. The first kappa shape index (κ1) is 12.8. The van der Waals surface area contributed by atoms with Gasteiger partial charge in [-0.1, -0.05) is 6.07 Å². The average molecular weight is 294 g/mol. The number of carbonyl (C=O) groups is 1. The number of aryl methyl sites for hydroxylation is 1. The second-order valence-corrected chi connectivity index (χ2v) is 5.12. The van der Waals surface area contributed by atoms with E-state index < -0.39 is 0 Å². The Morgan fingerprint density at radius 2 is 2.23 bits per heavy atom. The molecule has 0 atom stereocenters. The standard InChI is InChI=1S/C16H14N4O2/c21-16(14-10-15-20(19-14)8-3-9-22-15)18-13-6-1-5-12-11(13)4-2-7-17-12/h1-2,4-7,10H,3,8-9H2,(H,18,21). The summed E-state index contributed by atoms with van der Waals surface area (Å²) in [6.45, 7) is 1.45. The van der Waals surface area contributed by atoms with Gasteiger partial charge in [-0.3, -0.25) is 9.78 Å². The molecule has 1 N–H and O–H groups in total. The lowest BCUT2D eigenvalue weighted by molar-refractivity contribution is 0.102. The van der Waals surface area contributed by atoms with Crippen LogP contribution in [-0.2, 0) is 6.54 Å². The molecule has 6 heteroatoms. The van der Waals surface area contributed by atoms with Crippen molar-refractivity contribution in [3.8, 4) is 5.88 Å². The summed E-state index contributed by atoms with van der Waals surface area (Å²) in [7, 11) is 0. The number of hydrogen-bond acceptors (Lipinski definition) is 4. The Morgan fingerprint density at radius 3 is 3.14 bits per heavy atom. The number of anilines is 1. The van der Waals surface area contributed by atoms with Crippen molar-refractivity contribution >= 4 is 22.5 Å². The molecule has 3 aromatic rings. The molecule has 1 aliphatic rings. The lowest BCUT2D eigenvalue weighted by Gasteiger charge is -2.13. The van der Waals surface area contributed by atoms with E-state index in [4.69, 9.17) is 4.74 Å². The Kier molecular flexibility index (Phi) is 3.00. The zero-order valence-corrected chi connectivity index (χ0v) is 11.8. The van der Waals surface area contributed by atoms with Crippen LogP contribution >= 0.6 is 0 Å². The molecule has 0 bridgehead atoms. The van der Waals surface area contributed by atoms with Gasteiger partial charge in [0.2, 0.25) is 5.88 Å². The van der Waals surface area contributed by atoms with E-state index in [0.717, 1.165) is 29.6 Å². The lowest BCUT2D eigenvalue weighted by Crippen LogP contribution is -2.16. The summed E-state index contributed by atoms with van der Waals surface area (Å²) in [5.74, 6) is 0.401. The molecule has 0 saturated heterocycles. The summed E-state index contributed by atoms with van der Waals surface area (Å²) in [6, 6.07) is 11.1. The summed E-state index contributed by atoms with van der Waals surface area (Å²) in [5.41, 5.74) is 1.92. The largest absolute Gasteiger partial charge is 0.478 e. The van der Waals surface area contributed by atoms with Crippen LogP contribution in [0.4, 0.5) is 5.69 Å². The van der Waals surface area contributed by atoms with E-state index in [1.165, 1.54) is 0 Å². The van der Waals surface area contributed by atoms with Crippen LogP contribution < -0.4 is 10.1 Å². The summed E-state index contributed by atoms with van der Waals surface area (Å²) < 4.78 is 7.21. The smallest absolute Gasteiger partial charge is 0.276 e. The summed E-state index contributed by atoms with van der Waals surface area (Å²) in [6.07, 6.45) is 2.64. The predicted octanol–water partition coefficient (Wildman–Crippen LogP) is 2.47. The quantitative estimate of drug-likeness (QED) is 0.788. The highest BCUT2D eigenvalue weighted by atomic mass is 16.5. The molecule has 3 heterocycles. The highest BCUT2D eigenvalue weighted by molar-refractivity contribution is 6.07. The minimum absolute atomic E-state index is 0.248. The fourth-order valence-electron chi connectivity index (χ4n) is 2.58. The number of ether oxygens (including phenoxy) is 1.